The monoisotopic (exact) mass is 300 g/mol. The number of hydrogen-bond donors (Lipinski definition) is 1. The second-order valence-corrected chi connectivity index (χ2v) is 5.71. The molecular weight excluding hydrogens is 276 g/mol. The number of carbonyl (C=O) groups is 1. The zero-order valence-electron chi connectivity index (χ0n) is 13.2. The van der Waals surface area contributed by atoms with Gasteiger partial charge in [-0.1, -0.05) is 19.1 Å². The fourth-order valence-electron chi connectivity index (χ4n) is 2.57. The van der Waals surface area contributed by atoms with E-state index in [0.717, 1.165) is 45.7 Å². The van der Waals surface area contributed by atoms with Crippen LogP contribution in [0, 0.1) is 11.3 Å². The molecule has 1 aliphatic rings. The molecule has 0 aliphatic carbocycles. The highest BCUT2D eigenvalue weighted by molar-refractivity contribution is 5.77. The third kappa shape index (κ3) is 5.14. The van der Waals surface area contributed by atoms with Gasteiger partial charge in [0.25, 0.3) is 0 Å². The van der Waals surface area contributed by atoms with Crippen LogP contribution in [0.2, 0.25) is 0 Å². The summed E-state index contributed by atoms with van der Waals surface area (Å²) in [7, 11) is 0. The zero-order chi connectivity index (χ0) is 15.8. The smallest absolute Gasteiger partial charge is 0.234 e. The van der Waals surface area contributed by atoms with Crippen molar-refractivity contribution in [1.29, 1.82) is 5.26 Å². The number of nitrogens with one attached hydrogen (secondary N) is 1. The lowest BCUT2D eigenvalue weighted by molar-refractivity contribution is -0.122. The maximum atomic E-state index is 11.7. The first-order chi connectivity index (χ1) is 10.7. The average Bonchev–Trinajstić information content (AvgIpc) is 2.55. The van der Waals surface area contributed by atoms with E-state index in [2.05, 4.69) is 28.1 Å². The third-order valence-corrected chi connectivity index (χ3v) is 3.89. The Labute approximate surface area is 132 Å². The molecule has 1 heterocycles. The van der Waals surface area contributed by atoms with Crippen LogP contribution in [-0.4, -0.2) is 55.0 Å². The number of nitriles is 1. The van der Waals surface area contributed by atoms with E-state index in [1.807, 2.05) is 24.3 Å². The zero-order valence-corrected chi connectivity index (χ0v) is 13.2. The topological polar surface area (TPSA) is 59.4 Å². The lowest BCUT2D eigenvalue weighted by Crippen LogP contribution is -2.49. The van der Waals surface area contributed by atoms with Gasteiger partial charge in [-0.15, -0.1) is 0 Å². The standard InChI is InChI=1S/C17H24N4O/c1-2-7-19-17(22)14-21-10-8-20(9-11-21)13-16-5-3-15(12-18)4-6-16/h3-6H,2,7-11,13-14H2,1H3,(H,19,22). The maximum absolute atomic E-state index is 11.7. The lowest BCUT2D eigenvalue weighted by Gasteiger charge is -2.34. The van der Waals surface area contributed by atoms with E-state index in [9.17, 15) is 4.79 Å². The number of amides is 1. The van der Waals surface area contributed by atoms with Gasteiger partial charge in [0.1, 0.15) is 0 Å². The molecule has 0 bridgehead atoms. The summed E-state index contributed by atoms with van der Waals surface area (Å²) in [5.74, 6) is 0.127. The van der Waals surface area contributed by atoms with Crippen molar-refractivity contribution in [1.82, 2.24) is 15.1 Å². The molecule has 0 radical (unpaired) electrons. The molecule has 5 nitrogen and oxygen atoms in total. The van der Waals surface area contributed by atoms with Crippen molar-refractivity contribution in [2.45, 2.75) is 19.9 Å². The Morgan fingerprint density at radius 3 is 2.41 bits per heavy atom. The van der Waals surface area contributed by atoms with Crippen LogP contribution in [0.25, 0.3) is 0 Å². The Kier molecular flexibility index (Phi) is 6.38. The molecule has 1 aromatic rings. The minimum Gasteiger partial charge on any atom is -0.355 e. The van der Waals surface area contributed by atoms with Gasteiger partial charge in [-0.2, -0.15) is 5.26 Å². The molecule has 1 saturated heterocycles. The van der Waals surface area contributed by atoms with Crippen LogP contribution >= 0.6 is 0 Å². The van der Waals surface area contributed by atoms with Gasteiger partial charge < -0.3 is 5.32 Å². The summed E-state index contributed by atoms with van der Waals surface area (Å²) in [6.07, 6.45) is 0.976. The molecule has 1 N–H and O–H groups in total. The van der Waals surface area contributed by atoms with E-state index in [0.29, 0.717) is 12.1 Å². The van der Waals surface area contributed by atoms with Crippen molar-refractivity contribution in [2.75, 3.05) is 39.3 Å². The van der Waals surface area contributed by atoms with Crippen LogP contribution in [0.4, 0.5) is 0 Å². The Bertz CT molecular complexity index is 512. The van der Waals surface area contributed by atoms with Crippen LogP contribution in [0.3, 0.4) is 0 Å². The van der Waals surface area contributed by atoms with Gasteiger partial charge >= 0.3 is 0 Å². The fourth-order valence-corrected chi connectivity index (χ4v) is 2.57. The van der Waals surface area contributed by atoms with E-state index >= 15 is 0 Å². The predicted molar refractivity (Wildman–Crippen MR) is 86.2 cm³/mol. The number of hydrogen-bond acceptors (Lipinski definition) is 4. The van der Waals surface area contributed by atoms with Gasteiger partial charge in [0.05, 0.1) is 18.2 Å². The molecule has 1 aromatic carbocycles. The Hall–Kier alpha value is -1.90. The van der Waals surface area contributed by atoms with Crippen molar-refractivity contribution in [3.8, 4) is 6.07 Å². The van der Waals surface area contributed by atoms with Crippen molar-refractivity contribution in [3.63, 3.8) is 0 Å². The number of nitrogens with zero attached hydrogens (tertiary/aromatic N) is 3. The van der Waals surface area contributed by atoms with Crippen molar-refractivity contribution < 1.29 is 4.79 Å². The largest absolute Gasteiger partial charge is 0.355 e. The van der Waals surface area contributed by atoms with Crippen LogP contribution < -0.4 is 5.32 Å². The third-order valence-electron chi connectivity index (χ3n) is 3.89. The van der Waals surface area contributed by atoms with Crippen molar-refractivity contribution >= 4 is 5.91 Å². The summed E-state index contributed by atoms with van der Waals surface area (Å²) < 4.78 is 0. The minimum atomic E-state index is 0.127. The molecule has 0 unspecified atom stereocenters. The summed E-state index contributed by atoms with van der Waals surface area (Å²) in [5.41, 5.74) is 1.93. The van der Waals surface area contributed by atoms with E-state index in [1.165, 1.54) is 5.56 Å². The first-order valence-corrected chi connectivity index (χ1v) is 7.91. The molecular formula is C17H24N4O. The molecule has 2 rings (SSSR count). The Morgan fingerprint density at radius 2 is 1.82 bits per heavy atom. The second kappa shape index (κ2) is 8.52. The molecule has 0 aromatic heterocycles. The van der Waals surface area contributed by atoms with E-state index in [-0.39, 0.29) is 5.91 Å². The number of benzene rings is 1. The summed E-state index contributed by atoms with van der Waals surface area (Å²) in [5, 5.41) is 11.7. The highest BCUT2D eigenvalue weighted by Gasteiger charge is 2.18. The number of piperazine rings is 1. The van der Waals surface area contributed by atoms with Crippen LogP contribution in [-0.2, 0) is 11.3 Å². The Balaban J connectivity index is 1.72. The van der Waals surface area contributed by atoms with Crippen LogP contribution in [0.5, 0.6) is 0 Å². The van der Waals surface area contributed by atoms with E-state index < -0.39 is 0 Å². The maximum Gasteiger partial charge on any atom is 0.234 e. The number of rotatable bonds is 6. The highest BCUT2D eigenvalue weighted by atomic mass is 16.2. The van der Waals surface area contributed by atoms with Gasteiger partial charge in [0, 0.05) is 39.3 Å². The first-order valence-electron chi connectivity index (χ1n) is 7.91. The summed E-state index contributed by atoms with van der Waals surface area (Å²) in [6, 6.07) is 9.90. The SMILES string of the molecule is CCCNC(=O)CN1CCN(Cc2ccc(C#N)cc2)CC1. The number of carbonyl (C=O) groups excluding carboxylic acids is 1. The quantitative estimate of drug-likeness (QED) is 0.858. The van der Waals surface area contributed by atoms with Crippen molar-refractivity contribution in [2.24, 2.45) is 0 Å². The van der Waals surface area contributed by atoms with E-state index in [4.69, 9.17) is 5.26 Å². The van der Waals surface area contributed by atoms with E-state index in [1.54, 1.807) is 0 Å². The molecule has 0 saturated carbocycles. The molecule has 0 atom stereocenters. The normalized spacial score (nSPS) is 16.2. The van der Waals surface area contributed by atoms with Crippen molar-refractivity contribution in [3.05, 3.63) is 35.4 Å². The summed E-state index contributed by atoms with van der Waals surface area (Å²) in [6.45, 7) is 8.03. The second-order valence-electron chi connectivity index (χ2n) is 5.71. The van der Waals surface area contributed by atoms with Crippen LogP contribution in [0.15, 0.2) is 24.3 Å². The van der Waals surface area contributed by atoms with Gasteiger partial charge in [-0.3, -0.25) is 14.6 Å². The molecule has 0 spiro atoms. The lowest BCUT2D eigenvalue weighted by atomic mass is 10.1. The van der Waals surface area contributed by atoms with Gasteiger partial charge in [-0.25, -0.2) is 0 Å². The molecule has 5 heteroatoms. The Morgan fingerprint density at radius 1 is 1.18 bits per heavy atom. The van der Waals surface area contributed by atoms with Gasteiger partial charge in [0.2, 0.25) is 5.91 Å². The van der Waals surface area contributed by atoms with Gasteiger partial charge in [-0.05, 0) is 24.1 Å². The highest BCUT2D eigenvalue weighted by Crippen LogP contribution is 2.09. The molecule has 1 aliphatic heterocycles. The molecule has 1 amide bonds. The summed E-state index contributed by atoms with van der Waals surface area (Å²) >= 11 is 0. The first kappa shape index (κ1) is 16.5. The van der Waals surface area contributed by atoms with Gasteiger partial charge in [0.15, 0.2) is 0 Å². The minimum absolute atomic E-state index is 0.127. The molecule has 118 valence electrons. The average molecular weight is 300 g/mol. The summed E-state index contributed by atoms with van der Waals surface area (Å²) in [4.78, 5) is 16.3. The predicted octanol–water partition coefficient (Wildman–Crippen LogP) is 1.20. The van der Waals surface area contributed by atoms with Crippen LogP contribution in [0.1, 0.15) is 24.5 Å². The molecule has 1 fully saturated rings. The fraction of sp³-hybridized carbons (Fsp3) is 0.529. The molecule has 22 heavy (non-hydrogen) atoms.